The molecule has 1 heterocycles. The Hall–Kier alpha value is -1.05. The van der Waals surface area contributed by atoms with Crippen molar-refractivity contribution in [2.24, 2.45) is 0 Å². The maximum absolute atomic E-state index is 9.09. The second-order valence-electron chi connectivity index (χ2n) is 4.05. The third-order valence-electron chi connectivity index (χ3n) is 2.54. The second kappa shape index (κ2) is 5.33. The van der Waals surface area contributed by atoms with Crippen LogP contribution in [-0.2, 0) is 6.54 Å². The van der Waals surface area contributed by atoms with Gasteiger partial charge in [0.15, 0.2) is 0 Å². The van der Waals surface area contributed by atoms with Crippen LogP contribution in [0.25, 0.3) is 0 Å². The van der Waals surface area contributed by atoms with Crippen molar-refractivity contribution in [2.45, 2.75) is 39.3 Å². The first-order chi connectivity index (χ1) is 7.50. The number of aromatic nitrogens is 2. The summed E-state index contributed by atoms with van der Waals surface area (Å²) in [6.45, 7) is 7.22. The number of hydrogen-bond acceptors (Lipinski definition) is 3. The Bertz CT molecular complexity index is 374. The summed E-state index contributed by atoms with van der Waals surface area (Å²) < 4.78 is 1.78. The van der Waals surface area contributed by atoms with Crippen molar-refractivity contribution in [2.75, 3.05) is 6.54 Å². The number of halogens is 1. The molecule has 4 nitrogen and oxygen atoms in total. The molecule has 1 aromatic heterocycles. The van der Waals surface area contributed by atoms with Crippen LogP contribution in [0.2, 0.25) is 5.02 Å². The van der Waals surface area contributed by atoms with Gasteiger partial charge in [-0.15, -0.1) is 0 Å². The normalized spacial score (nSPS) is 14.4. The summed E-state index contributed by atoms with van der Waals surface area (Å²) in [5.41, 5.74) is 0.324. The number of nitriles is 1. The van der Waals surface area contributed by atoms with Gasteiger partial charge in [0, 0.05) is 12.7 Å². The van der Waals surface area contributed by atoms with E-state index in [1.165, 1.54) is 0 Å². The van der Waals surface area contributed by atoms with Crippen molar-refractivity contribution in [3.63, 3.8) is 0 Å². The highest BCUT2D eigenvalue weighted by molar-refractivity contribution is 6.31. The highest BCUT2D eigenvalue weighted by Gasteiger charge is 2.22. The van der Waals surface area contributed by atoms with Gasteiger partial charge in [-0.25, -0.2) is 0 Å². The Labute approximate surface area is 101 Å². The van der Waals surface area contributed by atoms with Gasteiger partial charge in [0.2, 0.25) is 0 Å². The molecule has 88 valence electrons. The minimum atomic E-state index is -0.499. The average molecular weight is 241 g/mol. The standard InChI is InChI=1S/C11H17ClN4/c1-4-14-11(3,8-13)5-6-16-7-10(12)9(2)15-16/h7,14H,4-6H2,1-3H3. The zero-order valence-electron chi connectivity index (χ0n) is 9.92. The molecule has 1 aromatic rings. The molecule has 5 heteroatoms. The van der Waals surface area contributed by atoms with Crippen molar-refractivity contribution in [1.29, 1.82) is 5.26 Å². The molecule has 0 amide bonds. The molecule has 0 saturated heterocycles. The van der Waals surface area contributed by atoms with E-state index in [9.17, 15) is 0 Å². The van der Waals surface area contributed by atoms with Crippen molar-refractivity contribution < 1.29 is 0 Å². The van der Waals surface area contributed by atoms with Gasteiger partial charge < -0.3 is 0 Å². The Balaban J connectivity index is 2.60. The zero-order chi connectivity index (χ0) is 12.2. The van der Waals surface area contributed by atoms with Gasteiger partial charge in [-0.05, 0) is 26.8 Å². The van der Waals surface area contributed by atoms with E-state index in [-0.39, 0.29) is 0 Å². The Kier molecular flexibility index (Phi) is 4.34. The zero-order valence-corrected chi connectivity index (χ0v) is 10.7. The lowest BCUT2D eigenvalue weighted by molar-refractivity contribution is 0.390. The average Bonchev–Trinajstić information content (AvgIpc) is 2.56. The van der Waals surface area contributed by atoms with E-state index in [0.29, 0.717) is 18.0 Å². The maximum atomic E-state index is 9.09. The van der Waals surface area contributed by atoms with Crippen LogP contribution in [-0.4, -0.2) is 21.9 Å². The summed E-state index contributed by atoms with van der Waals surface area (Å²) >= 11 is 5.91. The number of nitrogens with zero attached hydrogens (tertiary/aromatic N) is 3. The smallest absolute Gasteiger partial charge is 0.105 e. The molecule has 0 radical (unpaired) electrons. The van der Waals surface area contributed by atoms with Gasteiger partial charge >= 0.3 is 0 Å². The molecule has 16 heavy (non-hydrogen) atoms. The van der Waals surface area contributed by atoms with Crippen LogP contribution in [0.15, 0.2) is 6.20 Å². The molecule has 1 atom stereocenters. The highest BCUT2D eigenvalue weighted by atomic mass is 35.5. The first-order valence-electron chi connectivity index (χ1n) is 5.36. The third-order valence-corrected chi connectivity index (χ3v) is 2.91. The maximum Gasteiger partial charge on any atom is 0.105 e. The van der Waals surface area contributed by atoms with Crippen LogP contribution >= 0.6 is 11.6 Å². The van der Waals surface area contributed by atoms with Gasteiger partial charge in [-0.3, -0.25) is 10.00 Å². The molecule has 0 aliphatic carbocycles. The molecule has 0 aliphatic rings. The highest BCUT2D eigenvalue weighted by Crippen LogP contribution is 2.14. The Morgan fingerprint density at radius 3 is 2.81 bits per heavy atom. The summed E-state index contributed by atoms with van der Waals surface area (Å²) in [5, 5.41) is 17.2. The fourth-order valence-corrected chi connectivity index (χ4v) is 1.67. The van der Waals surface area contributed by atoms with Crippen molar-refractivity contribution >= 4 is 11.6 Å². The second-order valence-corrected chi connectivity index (χ2v) is 4.46. The number of rotatable bonds is 5. The molecule has 0 saturated carbocycles. The van der Waals surface area contributed by atoms with E-state index < -0.39 is 5.54 Å². The minimum absolute atomic E-state index is 0.499. The van der Waals surface area contributed by atoms with E-state index in [1.54, 1.807) is 10.9 Å². The fraction of sp³-hybridized carbons (Fsp3) is 0.636. The third kappa shape index (κ3) is 3.22. The van der Waals surface area contributed by atoms with E-state index in [4.69, 9.17) is 16.9 Å². The lowest BCUT2D eigenvalue weighted by atomic mass is 10.00. The largest absolute Gasteiger partial charge is 0.300 e. The van der Waals surface area contributed by atoms with Crippen LogP contribution in [0.1, 0.15) is 26.0 Å². The Morgan fingerprint density at radius 2 is 2.38 bits per heavy atom. The lowest BCUT2D eigenvalue weighted by Crippen LogP contribution is -2.41. The predicted octanol–water partition coefficient (Wildman–Crippen LogP) is 2.13. The van der Waals surface area contributed by atoms with E-state index in [0.717, 1.165) is 12.2 Å². The van der Waals surface area contributed by atoms with Crippen molar-refractivity contribution in [1.82, 2.24) is 15.1 Å². The van der Waals surface area contributed by atoms with Gasteiger partial charge in [0.05, 0.1) is 16.8 Å². The lowest BCUT2D eigenvalue weighted by Gasteiger charge is -2.22. The summed E-state index contributed by atoms with van der Waals surface area (Å²) in [6, 6.07) is 2.29. The van der Waals surface area contributed by atoms with Crippen molar-refractivity contribution in [3.8, 4) is 6.07 Å². The first kappa shape index (κ1) is 13.0. The van der Waals surface area contributed by atoms with Gasteiger partial charge in [0.1, 0.15) is 5.54 Å². The van der Waals surface area contributed by atoms with Crippen LogP contribution in [0.4, 0.5) is 0 Å². The molecular formula is C11H17ClN4. The quantitative estimate of drug-likeness (QED) is 0.858. The summed E-state index contributed by atoms with van der Waals surface area (Å²) in [7, 11) is 0. The summed E-state index contributed by atoms with van der Waals surface area (Å²) in [6.07, 6.45) is 2.50. The van der Waals surface area contributed by atoms with Crippen LogP contribution in [0.5, 0.6) is 0 Å². The number of nitrogens with one attached hydrogen (secondary N) is 1. The van der Waals surface area contributed by atoms with E-state index in [2.05, 4.69) is 16.5 Å². The van der Waals surface area contributed by atoms with Gasteiger partial charge in [-0.2, -0.15) is 10.4 Å². The molecule has 0 bridgehead atoms. The molecular weight excluding hydrogens is 224 g/mol. The van der Waals surface area contributed by atoms with Crippen LogP contribution in [0, 0.1) is 18.3 Å². The Morgan fingerprint density at radius 1 is 1.69 bits per heavy atom. The van der Waals surface area contributed by atoms with Gasteiger partial charge in [0.25, 0.3) is 0 Å². The molecule has 0 spiro atoms. The molecule has 0 aromatic carbocycles. The van der Waals surface area contributed by atoms with Crippen LogP contribution < -0.4 is 5.32 Å². The molecule has 1 rings (SSSR count). The number of hydrogen-bond donors (Lipinski definition) is 1. The monoisotopic (exact) mass is 240 g/mol. The number of aryl methyl sites for hydroxylation is 2. The minimum Gasteiger partial charge on any atom is -0.300 e. The van der Waals surface area contributed by atoms with Crippen molar-refractivity contribution in [3.05, 3.63) is 16.9 Å². The topological polar surface area (TPSA) is 53.6 Å². The molecule has 1 N–H and O–H groups in total. The van der Waals surface area contributed by atoms with E-state index >= 15 is 0 Å². The summed E-state index contributed by atoms with van der Waals surface area (Å²) in [5.74, 6) is 0. The summed E-state index contributed by atoms with van der Waals surface area (Å²) in [4.78, 5) is 0. The van der Waals surface area contributed by atoms with Gasteiger partial charge in [-0.1, -0.05) is 18.5 Å². The molecule has 1 unspecified atom stereocenters. The van der Waals surface area contributed by atoms with E-state index in [1.807, 2.05) is 20.8 Å². The molecule has 0 aliphatic heterocycles. The first-order valence-corrected chi connectivity index (χ1v) is 5.74. The van der Waals surface area contributed by atoms with Crippen LogP contribution in [0.3, 0.4) is 0 Å². The SMILES string of the molecule is CCNC(C)(C#N)CCn1cc(Cl)c(C)n1. The predicted molar refractivity (Wildman–Crippen MR) is 64.3 cm³/mol. The fourth-order valence-electron chi connectivity index (χ4n) is 1.52. The molecule has 0 fully saturated rings.